The summed E-state index contributed by atoms with van der Waals surface area (Å²) >= 11 is 0. The number of methoxy groups -OCH3 is 1. The molecule has 0 spiro atoms. The lowest BCUT2D eigenvalue weighted by molar-refractivity contribution is 0.307. The van der Waals surface area contributed by atoms with E-state index in [1.165, 1.54) is 5.56 Å². The van der Waals surface area contributed by atoms with Crippen LogP contribution in [0.2, 0.25) is 0 Å². The summed E-state index contributed by atoms with van der Waals surface area (Å²) in [6.45, 7) is 1.65. The highest BCUT2D eigenvalue weighted by molar-refractivity contribution is 5.39. The summed E-state index contributed by atoms with van der Waals surface area (Å²) < 4.78 is 5.26. The highest BCUT2D eigenvalue weighted by atomic mass is 16.5. The van der Waals surface area contributed by atoms with Crippen molar-refractivity contribution in [1.82, 2.24) is 9.88 Å². The van der Waals surface area contributed by atoms with E-state index in [1.54, 1.807) is 13.3 Å². The number of rotatable bonds is 5. The highest BCUT2D eigenvalue weighted by Gasteiger charge is 2.07. The lowest BCUT2D eigenvalue weighted by atomic mass is 10.2. The Morgan fingerprint density at radius 2 is 1.89 bits per heavy atom. The Labute approximate surface area is 113 Å². The second-order valence-corrected chi connectivity index (χ2v) is 4.59. The fraction of sp³-hybridized carbons (Fsp3) is 0.267. The van der Waals surface area contributed by atoms with E-state index in [0.717, 1.165) is 24.3 Å². The first-order valence-corrected chi connectivity index (χ1v) is 6.20. The normalized spacial score (nSPS) is 10.7. The van der Waals surface area contributed by atoms with Gasteiger partial charge in [0.15, 0.2) is 0 Å². The molecule has 19 heavy (non-hydrogen) atoms. The topological polar surface area (TPSA) is 51.4 Å². The molecule has 0 radical (unpaired) electrons. The molecule has 0 aliphatic carbocycles. The Balaban J connectivity index is 2.01. The number of nitrogens with two attached hydrogens (primary N) is 1. The minimum Gasteiger partial charge on any atom is -0.481 e. The maximum Gasteiger partial charge on any atom is 0.217 e. The van der Waals surface area contributed by atoms with Crippen molar-refractivity contribution >= 4 is 5.69 Å². The lowest BCUT2D eigenvalue weighted by Crippen LogP contribution is -2.17. The average Bonchev–Trinajstić information content (AvgIpc) is 2.42. The number of ether oxygens (including phenoxy) is 1. The van der Waals surface area contributed by atoms with Crippen LogP contribution in [-0.2, 0) is 13.1 Å². The summed E-state index contributed by atoms with van der Waals surface area (Å²) in [5.74, 6) is 0.687. The Bertz CT molecular complexity index is 525. The molecule has 2 N–H and O–H groups in total. The first kappa shape index (κ1) is 13.4. The Hall–Kier alpha value is -2.07. The fourth-order valence-corrected chi connectivity index (χ4v) is 2.01. The van der Waals surface area contributed by atoms with Gasteiger partial charge < -0.3 is 10.5 Å². The van der Waals surface area contributed by atoms with Gasteiger partial charge in [-0.1, -0.05) is 18.2 Å². The molecule has 0 aliphatic heterocycles. The van der Waals surface area contributed by atoms with Crippen LogP contribution in [0.15, 0.2) is 42.6 Å². The number of aromatic nitrogens is 1. The number of pyridine rings is 1. The van der Waals surface area contributed by atoms with Crippen molar-refractivity contribution in [3.05, 3.63) is 53.7 Å². The van der Waals surface area contributed by atoms with Crippen LogP contribution in [0.4, 0.5) is 5.69 Å². The van der Waals surface area contributed by atoms with Gasteiger partial charge in [0, 0.05) is 30.5 Å². The molecular weight excluding hydrogens is 238 g/mol. The Kier molecular flexibility index (Phi) is 4.36. The van der Waals surface area contributed by atoms with Crippen LogP contribution in [0.5, 0.6) is 5.88 Å². The van der Waals surface area contributed by atoms with Crippen molar-refractivity contribution in [2.75, 3.05) is 19.9 Å². The van der Waals surface area contributed by atoms with Gasteiger partial charge >= 0.3 is 0 Å². The summed E-state index contributed by atoms with van der Waals surface area (Å²) in [7, 11) is 3.72. The molecule has 4 nitrogen and oxygen atoms in total. The molecule has 0 unspecified atom stereocenters. The van der Waals surface area contributed by atoms with Crippen molar-refractivity contribution < 1.29 is 4.74 Å². The minimum absolute atomic E-state index is 0.687. The number of benzene rings is 1. The molecule has 4 heteroatoms. The van der Waals surface area contributed by atoms with E-state index in [2.05, 4.69) is 16.9 Å². The number of anilines is 1. The van der Waals surface area contributed by atoms with Gasteiger partial charge in [-0.2, -0.15) is 0 Å². The van der Waals surface area contributed by atoms with Gasteiger partial charge in [-0.25, -0.2) is 4.98 Å². The monoisotopic (exact) mass is 257 g/mol. The van der Waals surface area contributed by atoms with Crippen molar-refractivity contribution in [3.8, 4) is 5.88 Å². The molecule has 0 saturated carbocycles. The van der Waals surface area contributed by atoms with Crippen LogP contribution in [0.25, 0.3) is 0 Å². The van der Waals surface area contributed by atoms with Crippen LogP contribution in [0.3, 0.4) is 0 Å². The molecule has 2 aromatic rings. The van der Waals surface area contributed by atoms with E-state index >= 15 is 0 Å². The molecule has 0 saturated heterocycles. The van der Waals surface area contributed by atoms with Crippen molar-refractivity contribution in [1.29, 1.82) is 0 Å². The predicted molar refractivity (Wildman–Crippen MR) is 76.8 cm³/mol. The van der Waals surface area contributed by atoms with Gasteiger partial charge in [0.2, 0.25) is 5.88 Å². The second-order valence-electron chi connectivity index (χ2n) is 4.59. The third-order valence-electron chi connectivity index (χ3n) is 2.92. The molecule has 0 aliphatic rings. The molecule has 0 atom stereocenters. The SMILES string of the molecule is COc1ncccc1CN(C)Cc1ccc(N)cc1. The number of nitrogens with zero attached hydrogens (tertiary/aromatic N) is 2. The molecule has 1 heterocycles. The van der Waals surface area contributed by atoms with Crippen molar-refractivity contribution in [2.24, 2.45) is 0 Å². The summed E-state index contributed by atoms with van der Waals surface area (Å²) in [5.41, 5.74) is 8.79. The van der Waals surface area contributed by atoms with Crippen LogP contribution in [0.1, 0.15) is 11.1 Å². The van der Waals surface area contributed by atoms with Crippen molar-refractivity contribution in [2.45, 2.75) is 13.1 Å². The van der Waals surface area contributed by atoms with Gasteiger partial charge in [-0.15, -0.1) is 0 Å². The van der Waals surface area contributed by atoms with Gasteiger partial charge in [0.1, 0.15) is 0 Å². The second kappa shape index (κ2) is 6.20. The smallest absolute Gasteiger partial charge is 0.217 e. The Morgan fingerprint density at radius 3 is 2.58 bits per heavy atom. The maximum atomic E-state index is 5.68. The molecule has 100 valence electrons. The zero-order valence-corrected chi connectivity index (χ0v) is 11.3. The van der Waals surface area contributed by atoms with Crippen molar-refractivity contribution in [3.63, 3.8) is 0 Å². The molecule has 2 rings (SSSR count). The standard InChI is InChI=1S/C15H19N3O/c1-18(10-12-5-7-14(16)8-6-12)11-13-4-3-9-17-15(13)19-2/h3-9H,10-11,16H2,1-2H3. The maximum absolute atomic E-state index is 5.68. The van der Waals surface area contributed by atoms with Gasteiger partial charge in [0.05, 0.1) is 7.11 Å². The molecular formula is C15H19N3O. The summed E-state index contributed by atoms with van der Waals surface area (Å²) in [6.07, 6.45) is 1.74. The zero-order chi connectivity index (χ0) is 13.7. The van der Waals surface area contributed by atoms with Crippen LogP contribution >= 0.6 is 0 Å². The quantitative estimate of drug-likeness (QED) is 0.835. The van der Waals surface area contributed by atoms with Gasteiger partial charge in [-0.05, 0) is 30.8 Å². The zero-order valence-electron chi connectivity index (χ0n) is 11.3. The Morgan fingerprint density at radius 1 is 1.16 bits per heavy atom. The van der Waals surface area contributed by atoms with E-state index < -0.39 is 0 Å². The predicted octanol–water partition coefficient (Wildman–Crippen LogP) is 2.30. The lowest BCUT2D eigenvalue weighted by Gasteiger charge is -2.18. The first-order valence-electron chi connectivity index (χ1n) is 6.20. The van der Waals surface area contributed by atoms with E-state index in [1.807, 2.05) is 36.4 Å². The summed E-state index contributed by atoms with van der Waals surface area (Å²) in [6, 6.07) is 11.9. The third-order valence-corrected chi connectivity index (χ3v) is 2.92. The average molecular weight is 257 g/mol. The molecule has 0 bridgehead atoms. The number of hydrogen-bond donors (Lipinski definition) is 1. The minimum atomic E-state index is 0.687. The molecule has 1 aromatic heterocycles. The van der Waals surface area contributed by atoms with E-state index in [4.69, 9.17) is 10.5 Å². The highest BCUT2D eigenvalue weighted by Crippen LogP contribution is 2.16. The van der Waals surface area contributed by atoms with Crippen LogP contribution < -0.4 is 10.5 Å². The van der Waals surface area contributed by atoms with E-state index in [0.29, 0.717) is 5.88 Å². The summed E-state index contributed by atoms with van der Waals surface area (Å²) in [4.78, 5) is 6.42. The number of nitrogen functional groups attached to an aromatic ring is 1. The van der Waals surface area contributed by atoms with Crippen LogP contribution in [0, 0.1) is 0 Å². The van der Waals surface area contributed by atoms with E-state index in [-0.39, 0.29) is 0 Å². The molecule has 1 aromatic carbocycles. The first-order chi connectivity index (χ1) is 9.19. The third kappa shape index (κ3) is 3.69. The largest absolute Gasteiger partial charge is 0.481 e. The molecule has 0 fully saturated rings. The molecule has 0 amide bonds. The fourth-order valence-electron chi connectivity index (χ4n) is 2.01. The number of hydrogen-bond acceptors (Lipinski definition) is 4. The van der Waals surface area contributed by atoms with Gasteiger partial charge in [-0.3, -0.25) is 4.90 Å². The van der Waals surface area contributed by atoms with E-state index in [9.17, 15) is 0 Å². The van der Waals surface area contributed by atoms with Gasteiger partial charge in [0.25, 0.3) is 0 Å². The summed E-state index contributed by atoms with van der Waals surface area (Å²) in [5, 5.41) is 0. The van der Waals surface area contributed by atoms with Crippen LogP contribution in [-0.4, -0.2) is 24.0 Å².